The Morgan fingerprint density at radius 2 is 1.89 bits per heavy atom. The molecule has 0 spiro atoms. The van der Waals surface area contributed by atoms with Gasteiger partial charge in [0.05, 0.1) is 18.2 Å². The number of urea groups is 1. The van der Waals surface area contributed by atoms with Crippen LogP contribution in [0.25, 0.3) is 0 Å². The van der Waals surface area contributed by atoms with Crippen molar-refractivity contribution in [3.8, 4) is 5.75 Å². The lowest BCUT2D eigenvalue weighted by Gasteiger charge is -2.28. The smallest absolute Gasteiger partial charge is 0.338 e. The number of ether oxygens (including phenoxy) is 2. The van der Waals surface area contributed by atoms with E-state index in [2.05, 4.69) is 10.6 Å². The second-order valence-corrected chi connectivity index (χ2v) is 6.55. The van der Waals surface area contributed by atoms with Crippen LogP contribution in [-0.2, 0) is 16.1 Å². The van der Waals surface area contributed by atoms with Crippen LogP contribution in [-0.4, -0.2) is 18.6 Å². The van der Waals surface area contributed by atoms with E-state index in [1.165, 1.54) is 0 Å². The third kappa shape index (κ3) is 4.71. The van der Waals surface area contributed by atoms with Gasteiger partial charge in [-0.05, 0) is 36.6 Å². The van der Waals surface area contributed by atoms with Gasteiger partial charge in [0, 0.05) is 5.70 Å². The number of rotatable bonds is 7. The maximum Gasteiger partial charge on any atom is 0.338 e. The number of carbonyl (C=O) groups is 2. The molecule has 0 saturated heterocycles. The molecule has 0 fully saturated rings. The van der Waals surface area contributed by atoms with Gasteiger partial charge in [0.1, 0.15) is 12.4 Å². The molecule has 28 heavy (non-hydrogen) atoms. The number of allylic oxidation sites excluding steroid dienone is 1. The van der Waals surface area contributed by atoms with Gasteiger partial charge in [-0.1, -0.05) is 49.4 Å². The van der Waals surface area contributed by atoms with Gasteiger partial charge in [-0.25, -0.2) is 9.59 Å². The monoisotopic (exact) mass is 380 g/mol. The zero-order valence-electron chi connectivity index (χ0n) is 16.0. The largest absolute Gasteiger partial charge is 0.489 e. The second kappa shape index (κ2) is 9.08. The summed E-state index contributed by atoms with van der Waals surface area (Å²) in [5.74, 6) is 0.223. The SMILES string of the molecule is CCCOC(=O)C1=C(C)NC(=O)NC1c1cccc(OCc2ccccc2)c1. The molecule has 0 aliphatic carbocycles. The second-order valence-electron chi connectivity index (χ2n) is 6.55. The Hall–Kier alpha value is -3.28. The molecule has 1 aliphatic rings. The highest BCUT2D eigenvalue weighted by molar-refractivity contribution is 5.95. The summed E-state index contributed by atoms with van der Waals surface area (Å²) < 4.78 is 11.2. The standard InChI is InChI=1S/C22H24N2O4/c1-3-12-27-21(25)19-15(2)23-22(26)24-20(19)17-10-7-11-18(13-17)28-14-16-8-5-4-6-9-16/h4-11,13,20H,3,12,14H2,1-2H3,(H2,23,24,26). The van der Waals surface area contributed by atoms with Crippen molar-refractivity contribution in [2.75, 3.05) is 6.61 Å². The quantitative estimate of drug-likeness (QED) is 0.716. The number of hydrogen-bond acceptors (Lipinski definition) is 4. The average molecular weight is 380 g/mol. The molecule has 3 rings (SSSR count). The van der Waals surface area contributed by atoms with Crippen LogP contribution in [0, 0.1) is 0 Å². The van der Waals surface area contributed by atoms with E-state index in [9.17, 15) is 9.59 Å². The van der Waals surface area contributed by atoms with E-state index in [4.69, 9.17) is 9.47 Å². The minimum atomic E-state index is -0.599. The van der Waals surface area contributed by atoms with Crippen LogP contribution in [0.1, 0.15) is 37.4 Å². The molecule has 1 atom stereocenters. The molecule has 0 bridgehead atoms. The molecule has 2 amide bonds. The molecule has 6 nitrogen and oxygen atoms in total. The first-order chi connectivity index (χ1) is 13.6. The first-order valence-electron chi connectivity index (χ1n) is 9.30. The van der Waals surface area contributed by atoms with Crippen molar-refractivity contribution in [3.63, 3.8) is 0 Å². The van der Waals surface area contributed by atoms with Crippen LogP contribution >= 0.6 is 0 Å². The van der Waals surface area contributed by atoms with Crippen molar-refractivity contribution in [2.24, 2.45) is 0 Å². The molecule has 0 saturated carbocycles. The van der Waals surface area contributed by atoms with E-state index in [1.54, 1.807) is 6.92 Å². The molecule has 0 aromatic heterocycles. The fourth-order valence-corrected chi connectivity index (χ4v) is 3.01. The molecule has 146 valence electrons. The lowest BCUT2D eigenvalue weighted by molar-refractivity contribution is -0.139. The van der Waals surface area contributed by atoms with Crippen molar-refractivity contribution >= 4 is 12.0 Å². The first-order valence-corrected chi connectivity index (χ1v) is 9.30. The normalized spacial score (nSPS) is 16.2. The van der Waals surface area contributed by atoms with Crippen LogP contribution < -0.4 is 15.4 Å². The molecular weight excluding hydrogens is 356 g/mol. The maximum atomic E-state index is 12.6. The van der Waals surface area contributed by atoms with Crippen molar-refractivity contribution in [1.82, 2.24) is 10.6 Å². The van der Waals surface area contributed by atoms with E-state index >= 15 is 0 Å². The number of carbonyl (C=O) groups excluding carboxylic acids is 2. The Balaban J connectivity index is 1.82. The lowest BCUT2D eigenvalue weighted by Crippen LogP contribution is -2.45. The summed E-state index contributed by atoms with van der Waals surface area (Å²) in [4.78, 5) is 24.5. The highest BCUT2D eigenvalue weighted by Gasteiger charge is 2.32. The Kier molecular flexibility index (Phi) is 6.32. The van der Waals surface area contributed by atoms with Gasteiger partial charge in [-0.15, -0.1) is 0 Å². The molecule has 0 radical (unpaired) electrons. The number of nitrogens with one attached hydrogen (secondary N) is 2. The molecule has 6 heteroatoms. The van der Waals surface area contributed by atoms with Gasteiger partial charge < -0.3 is 20.1 Å². The molecule has 2 aromatic carbocycles. The van der Waals surface area contributed by atoms with Gasteiger partial charge in [0.15, 0.2) is 0 Å². The van der Waals surface area contributed by atoms with Crippen molar-refractivity contribution in [3.05, 3.63) is 77.0 Å². The summed E-state index contributed by atoms with van der Waals surface area (Å²) in [6.45, 7) is 4.39. The summed E-state index contributed by atoms with van der Waals surface area (Å²) in [6.07, 6.45) is 0.728. The summed E-state index contributed by atoms with van der Waals surface area (Å²) in [6, 6.07) is 16.3. The summed E-state index contributed by atoms with van der Waals surface area (Å²) in [7, 11) is 0. The van der Waals surface area contributed by atoms with Crippen molar-refractivity contribution in [2.45, 2.75) is 32.9 Å². The van der Waals surface area contributed by atoms with Crippen molar-refractivity contribution < 1.29 is 19.1 Å². The van der Waals surface area contributed by atoms with Gasteiger partial charge in [0.25, 0.3) is 0 Å². The van der Waals surface area contributed by atoms with Gasteiger partial charge in [-0.3, -0.25) is 0 Å². The Morgan fingerprint density at radius 3 is 2.64 bits per heavy atom. The Bertz CT molecular complexity index is 877. The van der Waals surface area contributed by atoms with Crippen LogP contribution in [0.5, 0.6) is 5.75 Å². The summed E-state index contributed by atoms with van der Waals surface area (Å²) in [5, 5.41) is 5.45. The van der Waals surface area contributed by atoms with Crippen molar-refractivity contribution in [1.29, 1.82) is 0 Å². The minimum absolute atomic E-state index is 0.330. The van der Waals surface area contributed by atoms with Gasteiger partial charge in [0.2, 0.25) is 0 Å². The van der Waals surface area contributed by atoms with Gasteiger partial charge >= 0.3 is 12.0 Å². The van der Waals surface area contributed by atoms with E-state index < -0.39 is 12.0 Å². The van der Waals surface area contributed by atoms with Crippen LogP contribution in [0.4, 0.5) is 4.79 Å². The minimum Gasteiger partial charge on any atom is -0.489 e. The van der Waals surface area contributed by atoms with E-state index in [1.807, 2.05) is 61.5 Å². The van der Waals surface area contributed by atoms with E-state index in [0.29, 0.717) is 30.2 Å². The zero-order chi connectivity index (χ0) is 19.9. The first kappa shape index (κ1) is 19.5. The molecular formula is C22H24N2O4. The average Bonchev–Trinajstić information content (AvgIpc) is 2.71. The number of benzene rings is 2. The van der Waals surface area contributed by atoms with Crippen LogP contribution in [0.2, 0.25) is 0 Å². The zero-order valence-corrected chi connectivity index (χ0v) is 16.0. The van der Waals surface area contributed by atoms with Crippen LogP contribution in [0.15, 0.2) is 65.9 Å². The van der Waals surface area contributed by atoms with Crippen LogP contribution in [0.3, 0.4) is 0 Å². The summed E-state index contributed by atoms with van der Waals surface area (Å²) in [5.41, 5.74) is 2.70. The molecule has 2 aromatic rings. The highest BCUT2D eigenvalue weighted by atomic mass is 16.5. The third-order valence-electron chi connectivity index (χ3n) is 4.37. The Labute approximate surface area is 164 Å². The fraction of sp³-hybridized carbons (Fsp3) is 0.273. The van der Waals surface area contributed by atoms with E-state index in [0.717, 1.165) is 17.5 Å². The molecule has 1 heterocycles. The lowest BCUT2D eigenvalue weighted by atomic mass is 9.95. The predicted molar refractivity (Wildman–Crippen MR) is 106 cm³/mol. The maximum absolute atomic E-state index is 12.6. The predicted octanol–water partition coefficient (Wildman–Crippen LogP) is 3.85. The third-order valence-corrected chi connectivity index (χ3v) is 4.37. The summed E-state index contributed by atoms with van der Waals surface area (Å²) >= 11 is 0. The topological polar surface area (TPSA) is 76.7 Å². The highest BCUT2D eigenvalue weighted by Crippen LogP contribution is 2.30. The fourth-order valence-electron chi connectivity index (χ4n) is 3.01. The molecule has 1 unspecified atom stereocenters. The van der Waals surface area contributed by atoms with E-state index in [-0.39, 0.29) is 6.03 Å². The molecule has 2 N–H and O–H groups in total. The number of esters is 1. The Morgan fingerprint density at radius 1 is 1.11 bits per heavy atom. The van der Waals surface area contributed by atoms with Gasteiger partial charge in [-0.2, -0.15) is 0 Å². The number of amides is 2. The molecule has 1 aliphatic heterocycles. The number of hydrogen-bond donors (Lipinski definition) is 2.